The Morgan fingerprint density at radius 3 is 2.41 bits per heavy atom. The van der Waals surface area contributed by atoms with E-state index in [9.17, 15) is 27.9 Å². The van der Waals surface area contributed by atoms with E-state index in [1.165, 1.54) is 12.1 Å². The summed E-state index contributed by atoms with van der Waals surface area (Å²) in [6.45, 7) is -0.0732. The number of benzene rings is 1. The van der Waals surface area contributed by atoms with Crippen molar-refractivity contribution < 1.29 is 37.0 Å². The van der Waals surface area contributed by atoms with E-state index in [1.807, 2.05) is 0 Å². The molecule has 12 heteroatoms. The Balaban J connectivity index is 1.71. The molecule has 170 valence electrons. The van der Waals surface area contributed by atoms with Gasteiger partial charge in [-0.1, -0.05) is 0 Å². The lowest BCUT2D eigenvalue weighted by atomic mass is 10.1. The van der Waals surface area contributed by atoms with Gasteiger partial charge in [-0.25, -0.2) is 4.79 Å². The quantitative estimate of drug-likeness (QED) is 0.268. The molecule has 32 heavy (non-hydrogen) atoms. The van der Waals surface area contributed by atoms with Gasteiger partial charge in [0.1, 0.15) is 10.6 Å². The molecular formula is C20H14Br2F3NO5S. The average molecular weight is 597 g/mol. The summed E-state index contributed by atoms with van der Waals surface area (Å²) in [5.74, 6) is -1.44. The number of ether oxygens (including phenoxy) is 1. The van der Waals surface area contributed by atoms with E-state index >= 15 is 0 Å². The number of carbonyl (C=O) groups is 2. The molecule has 2 aromatic heterocycles. The summed E-state index contributed by atoms with van der Waals surface area (Å²) in [6.07, 6.45) is -5.28. The maximum atomic E-state index is 12.4. The number of thiophene rings is 1. The van der Waals surface area contributed by atoms with Gasteiger partial charge in [0.25, 0.3) is 5.91 Å². The highest BCUT2D eigenvalue weighted by atomic mass is 79.9. The first-order valence-corrected chi connectivity index (χ1v) is 11.4. The van der Waals surface area contributed by atoms with Crippen LogP contribution >= 0.6 is 43.2 Å². The number of rotatable bonds is 8. The van der Waals surface area contributed by atoms with Crippen LogP contribution in [0.15, 0.2) is 50.0 Å². The number of nitrogens with one attached hydrogen (secondary N) is 1. The van der Waals surface area contributed by atoms with E-state index in [4.69, 9.17) is 9.15 Å². The average Bonchev–Trinajstić information content (AvgIpc) is 3.29. The predicted octanol–water partition coefficient (Wildman–Crippen LogP) is 7.20. The largest absolute Gasteiger partial charge is 0.494 e. The minimum absolute atomic E-state index is 0.0140. The van der Waals surface area contributed by atoms with Crippen LogP contribution < -0.4 is 10.1 Å². The number of hydrogen-bond acceptors (Lipinski definition) is 5. The topological polar surface area (TPSA) is 88.8 Å². The van der Waals surface area contributed by atoms with Crippen molar-refractivity contribution in [3.63, 3.8) is 0 Å². The highest BCUT2D eigenvalue weighted by Gasteiger charge is 2.26. The second kappa shape index (κ2) is 10.1. The molecule has 0 atom stereocenters. The van der Waals surface area contributed by atoms with E-state index in [0.29, 0.717) is 25.3 Å². The van der Waals surface area contributed by atoms with Crippen molar-refractivity contribution >= 4 is 60.8 Å². The molecule has 0 saturated carbocycles. The van der Waals surface area contributed by atoms with Gasteiger partial charge in [-0.15, -0.1) is 11.3 Å². The number of amides is 1. The Morgan fingerprint density at radius 1 is 1.16 bits per heavy atom. The molecule has 0 aliphatic rings. The number of alkyl halides is 3. The van der Waals surface area contributed by atoms with Crippen LogP contribution in [0.5, 0.6) is 5.75 Å². The van der Waals surface area contributed by atoms with Crippen molar-refractivity contribution in [3.8, 4) is 16.2 Å². The number of hydrogen-bond donors (Lipinski definition) is 2. The summed E-state index contributed by atoms with van der Waals surface area (Å²) in [5.41, 5.74) is 0.766. The van der Waals surface area contributed by atoms with Crippen molar-refractivity contribution in [2.24, 2.45) is 0 Å². The minimum Gasteiger partial charge on any atom is -0.494 e. The predicted molar refractivity (Wildman–Crippen MR) is 120 cm³/mol. The number of anilines is 1. The number of halogens is 5. The summed E-state index contributed by atoms with van der Waals surface area (Å²) in [5, 5.41) is 12.0. The highest BCUT2D eigenvalue weighted by molar-refractivity contribution is 9.13. The summed E-state index contributed by atoms with van der Waals surface area (Å²) in [4.78, 5) is 24.6. The van der Waals surface area contributed by atoms with E-state index < -0.39 is 24.5 Å². The molecule has 3 rings (SSSR count). The van der Waals surface area contributed by atoms with E-state index in [1.54, 1.807) is 24.3 Å². The lowest BCUT2D eigenvalue weighted by Crippen LogP contribution is -2.12. The Hall–Kier alpha value is -2.31. The van der Waals surface area contributed by atoms with E-state index in [2.05, 4.69) is 37.2 Å². The summed E-state index contributed by atoms with van der Waals surface area (Å²) >= 11 is 7.30. The van der Waals surface area contributed by atoms with Gasteiger partial charge in [0.05, 0.1) is 16.8 Å². The fourth-order valence-electron chi connectivity index (χ4n) is 2.61. The number of aromatic carboxylic acids is 1. The third-order valence-corrected chi connectivity index (χ3v) is 6.94. The van der Waals surface area contributed by atoms with Crippen LogP contribution in [0.4, 0.5) is 18.9 Å². The molecule has 0 unspecified atom stereocenters. The van der Waals surface area contributed by atoms with Gasteiger partial charge in [-0.3, -0.25) is 4.79 Å². The molecule has 0 aliphatic carbocycles. The molecule has 2 heterocycles. The minimum atomic E-state index is -4.22. The van der Waals surface area contributed by atoms with Gasteiger partial charge in [-0.05, 0) is 74.2 Å². The van der Waals surface area contributed by atoms with Crippen molar-refractivity contribution in [2.75, 3.05) is 11.9 Å². The van der Waals surface area contributed by atoms with E-state index in [0.717, 1.165) is 11.3 Å². The third-order valence-electron chi connectivity index (χ3n) is 4.06. The summed E-state index contributed by atoms with van der Waals surface area (Å²) in [7, 11) is 0. The maximum Gasteiger partial charge on any atom is 0.389 e. The lowest BCUT2D eigenvalue weighted by molar-refractivity contribution is -0.136. The summed E-state index contributed by atoms with van der Waals surface area (Å²) < 4.78 is 47.9. The molecule has 0 spiro atoms. The van der Waals surface area contributed by atoms with Crippen LogP contribution in [0.3, 0.4) is 0 Å². The zero-order valence-electron chi connectivity index (χ0n) is 16.0. The molecule has 0 aliphatic heterocycles. The van der Waals surface area contributed by atoms with Gasteiger partial charge in [-0.2, -0.15) is 13.2 Å². The molecule has 0 bridgehead atoms. The first-order valence-electron chi connectivity index (χ1n) is 8.97. The van der Waals surface area contributed by atoms with Crippen molar-refractivity contribution in [1.82, 2.24) is 0 Å². The zero-order chi connectivity index (χ0) is 23.5. The van der Waals surface area contributed by atoms with Crippen LogP contribution in [0.25, 0.3) is 10.4 Å². The van der Waals surface area contributed by atoms with E-state index in [-0.39, 0.29) is 29.4 Å². The molecular weight excluding hydrogens is 583 g/mol. The Morgan fingerprint density at radius 2 is 1.84 bits per heavy atom. The van der Waals surface area contributed by atoms with Crippen LogP contribution in [-0.2, 0) is 0 Å². The fourth-order valence-corrected chi connectivity index (χ4v) is 4.14. The van der Waals surface area contributed by atoms with Crippen molar-refractivity contribution in [1.29, 1.82) is 0 Å². The van der Waals surface area contributed by atoms with Crippen molar-refractivity contribution in [3.05, 3.63) is 56.2 Å². The fraction of sp³-hybridized carbons (Fsp3) is 0.200. The summed E-state index contributed by atoms with van der Waals surface area (Å²) in [6, 6.07) is 9.45. The molecule has 1 aromatic carbocycles. The van der Waals surface area contributed by atoms with Gasteiger partial charge in [0, 0.05) is 17.4 Å². The monoisotopic (exact) mass is 595 g/mol. The van der Waals surface area contributed by atoms with Crippen LogP contribution in [0.2, 0.25) is 0 Å². The van der Waals surface area contributed by atoms with Crippen molar-refractivity contribution in [2.45, 2.75) is 19.0 Å². The molecule has 1 amide bonds. The Bertz CT molecular complexity index is 1110. The normalized spacial score (nSPS) is 11.4. The number of carbonyl (C=O) groups excluding carboxylic acids is 1. The maximum absolute atomic E-state index is 12.4. The Labute approximate surface area is 200 Å². The van der Waals surface area contributed by atoms with Gasteiger partial charge >= 0.3 is 12.1 Å². The lowest BCUT2D eigenvalue weighted by Gasteiger charge is -2.08. The standard InChI is InChI=1S/C20H14Br2F3NO5S/c21-12-8-14(31-17(12)22)18(27)26-13-9-15(32-16(13)19(28)29)10-2-4-11(5-3-10)30-7-1-6-20(23,24)25/h2-5,8-9H,1,6-7H2,(H,26,27)(H,28,29). The highest BCUT2D eigenvalue weighted by Crippen LogP contribution is 2.36. The van der Waals surface area contributed by atoms with Gasteiger partial charge in [0.2, 0.25) is 0 Å². The molecule has 6 nitrogen and oxygen atoms in total. The molecule has 0 radical (unpaired) electrons. The van der Waals surface area contributed by atoms with Gasteiger partial charge < -0.3 is 19.6 Å². The molecule has 3 aromatic rings. The zero-order valence-corrected chi connectivity index (χ0v) is 20.0. The first kappa shape index (κ1) is 24.3. The number of carboxylic acids is 1. The second-order valence-electron chi connectivity index (χ2n) is 6.44. The van der Waals surface area contributed by atoms with Crippen LogP contribution in [-0.4, -0.2) is 29.8 Å². The smallest absolute Gasteiger partial charge is 0.389 e. The number of carboxylic acid groups (broad SMARTS) is 1. The SMILES string of the molecule is O=C(Nc1cc(-c2ccc(OCCCC(F)(F)F)cc2)sc1C(=O)O)c1cc(Br)c(Br)o1. The first-order chi connectivity index (χ1) is 15.0. The third kappa shape index (κ3) is 6.36. The van der Waals surface area contributed by atoms with Crippen LogP contribution in [0, 0.1) is 0 Å². The van der Waals surface area contributed by atoms with Crippen LogP contribution in [0.1, 0.15) is 33.1 Å². The Kier molecular flexibility index (Phi) is 7.67. The molecule has 2 N–H and O–H groups in total. The van der Waals surface area contributed by atoms with Gasteiger partial charge in [0.15, 0.2) is 10.4 Å². The molecule has 0 saturated heterocycles. The number of furan rings is 1. The molecule has 0 fully saturated rings. The second-order valence-corrected chi connectivity index (χ2v) is 9.06.